The molecule has 1 N–H and O–H groups in total. The number of carboxylic acids is 1. The van der Waals surface area contributed by atoms with E-state index in [0.29, 0.717) is 16.9 Å². The molecule has 0 radical (unpaired) electrons. The molecule has 0 spiro atoms. The topological polar surface area (TPSA) is 55.8 Å². The summed E-state index contributed by atoms with van der Waals surface area (Å²) in [7, 11) is 1.56. The number of carboxylic acid groups (broad SMARTS) is 1. The molecule has 3 rings (SSSR count). The van der Waals surface area contributed by atoms with Gasteiger partial charge < -0.3 is 14.6 Å². The monoisotopic (exact) mass is 352 g/mol. The zero-order valence-corrected chi connectivity index (χ0v) is 15.0. The Morgan fingerprint density at radius 3 is 2.23 bits per heavy atom. The first-order chi connectivity index (χ1) is 12.7. The van der Waals surface area contributed by atoms with E-state index in [1.54, 1.807) is 19.2 Å². The molecule has 0 atom stereocenters. The number of ether oxygens (including phenoxy) is 2. The molecule has 0 aliphatic heterocycles. The van der Waals surface area contributed by atoms with Crippen molar-refractivity contribution in [2.24, 2.45) is 5.92 Å². The van der Waals surface area contributed by atoms with Crippen LogP contribution in [0.1, 0.15) is 36.8 Å². The second-order valence-electron chi connectivity index (χ2n) is 6.52. The first kappa shape index (κ1) is 18.2. The average molecular weight is 352 g/mol. The van der Waals surface area contributed by atoms with Crippen molar-refractivity contribution in [1.29, 1.82) is 0 Å². The molecule has 2 aromatic carbocycles. The van der Waals surface area contributed by atoms with E-state index in [0.717, 1.165) is 36.8 Å². The van der Waals surface area contributed by atoms with E-state index in [9.17, 15) is 9.90 Å². The van der Waals surface area contributed by atoms with Gasteiger partial charge in [-0.2, -0.15) is 0 Å². The van der Waals surface area contributed by atoms with Gasteiger partial charge in [0.15, 0.2) is 6.79 Å². The van der Waals surface area contributed by atoms with E-state index in [1.807, 2.05) is 42.5 Å². The van der Waals surface area contributed by atoms with Gasteiger partial charge in [-0.05, 0) is 47.6 Å². The number of benzene rings is 2. The van der Waals surface area contributed by atoms with Gasteiger partial charge in [-0.1, -0.05) is 55.3 Å². The maximum Gasteiger partial charge on any atom is 0.336 e. The highest BCUT2D eigenvalue weighted by Crippen LogP contribution is 2.41. The molecule has 0 aromatic heterocycles. The first-order valence-corrected chi connectivity index (χ1v) is 8.95. The summed E-state index contributed by atoms with van der Waals surface area (Å²) in [4.78, 5) is 12.2. The lowest BCUT2D eigenvalue weighted by molar-refractivity contribution is -0.130. The number of hydrogen-bond donors (Lipinski definition) is 1. The number of allylic oxidation sites excluding steroid dienone is 1. The molecule has 1 fully saturated rings. The molecule has 4 heteroatoms. The third-order valence-corrected chi connectivity index (χ3v) is 4.82. The molecule has 0 amide bonds. The summed E-state index contributed by atoms with van der Waals surface area (Å²) >= 11 is 0. The maximum atomic E-state index is 12.2. The molecule has 0 bridgehead atoms. The second kappa shape index (κ2) is 8.68. The SMILES string of the molecule is COCOc1ccc(/C(C(=O)O)=C(\c2ccccc2)C2CCCC2)cc1. The smallest absolute Gasteiger partial charge is 0.336 e. The number of methoxy groups -OCH3 is 1. The van der Waals surface area contributed by atoms with Crippen molar-refractivity contribution in [2.45, 2.75) is 25.7 Å². The Balaban J connectivity index is 2.07. The van der Waals surface area contributed by atoms with E-state index in [-0.39, 0.29) is 12.7 Å². The number of hydrogen-bond acceptors (Lipinski definition) is 3. The summed E-state index contributed by atoms with van der Waals surface area (Å²) in [5.74, 6) is 0.0525. The highest BCUT2D eigenvalue weighted by Gasteiger charge is 2.27. The van der Waals surface area contributed by atoms with Crippen molar-refractivity contribution in [3.05, 3.63) is 65.7 Å². The number of rotatable bonds is 7. The quantitative estimate of drug-likeness (QED) is 0.439. The zero-order chi connectivity index (χ0) is 18.4. The van der Waals surface area contributed by atoms with Crippen molar-refractivity contribution >= 4 is 17.1 Å². The Morgan fingerprint density at radius 2 is 1.65 bits per heavy atom. The average Bonchev–Trinajstić information content (AvgIpc) is 3.19. The molecule has 4 nitrogen and oxygen atoms in total. The van der Waals surface area contributed by atoms with Gasteiger partial charge in [0.25, 0.3) is 0 Å². The van der Waals surface area contributed by atoms with Crippen LogP contribution in [0.2, 0.25) is 0 Å². The molecule has 1 saturated carbocycles. The van der Waals surface area contributed by atoms with Crippen LogP contribution < -0.4 is 4.74 Å². The van der Waals surface area contributed by atoms with Crippen LogP contribution in [0, 0.1) is 5.92 Å². The minimum Gasteiger partial charge on any atom is -0.478 e. The minimum absolute atomic E-state index is 0.165. The van der Waals surface area contributed by atoms with Gasteiger partial charge in [0.2, 0.25) is 0 Å². The minimum atomic E-state index is -0.888. The lowest BCUT2D eigenvalue weighted by atomic mass is 9.84. The lowest BCUT2D eigenvalue weighted by Crippen LogP contribution is -2.09. The van der Waals surface area contributed by atoms with Crippen molar-refractivity contribution in [2.75, 3.05) is 13.9 Å². The summed E-state index contributed by atoms with van der Waals surface area (Å²) < 4.78 is 10.3. The van der Waals surface area contributed by atoms with Crippen LogP contribution in [0.5, 0.6) is 5.75 Å². The fourth-order valence-corrected chi connectivity index (χ4v) is 3.66. The maximum absolute atomic E-state index is 12.2. The fraction of sp³-hybridized carbons (Fsp3) is 0.318. The van der Waals surface area contributed by atoms with Gasteiger partial charge in [-0.25, -0.2) is 4.79 Å². The van der Waals surface area contributed by atoms with Crippen LogP contribution in [0.4, 0.5) is 0 Å². The van der Waals surface area contributed by atoms with E-state index in [2.05, 4.69) is 0 Å². The molecule has 0 heterocycles. The van der Waals surface area contributed by atoms with E-state index in [1.165, 1.54) is 0 Å². The second-order valence-corrected chi connectivity index (χ2v) is 6.52. The highest BCUT2D eigenvalue weighted by atomic mass is 16.7. The third-order valence-electron chi connectivity index (χ3n) is 4.82. The zero-order valence-electron chi connectivity index (χ0n) is 15.0. The van der Waals surface area contributed by atoms with Crippen LogP contribution in [-0.2, 0) is 9.53 Å². The molecular weight excluding hydrogens is 328 g/mol. The third kappa shape index (κ3) is 4.14. The lowest BCUT2D eigenvalue weighted by Gasteiger charge is -2.19. The standard InChI is InChI=1S/C22H24O4/c1-25-15-26-19-13-11-18(12-14-19)21(22(23)24)20(17-9-5-6-10-17)16-7-3-2-4-8-16/h2-4,7-8,11-14,17H,5-6,9-10,15H2,1H3,(H,23,24)/b21-20-. The van der Waals surface area contributed by atoms with Crippen LogP contribution in [0.15, 0.2) is 54.6 Å². The van der Waals surface area contributed by atoms with Gasteiger partial charge in [0.05, 0.1) is 5.57 Å². The molecule has 0 saturated heterocycles. The Labute approximate surface area is 154 Å². The van der Waals surface area contributed by atoms with Crippen molar-refractivity contribution in [3.8, 4) is 5.75 Å². The van der Waals surface area contributed by atoms with Crippen LogP contribution in [-0.4, -0.2) is 25.0 Å². The first-order valence-electron chi connectivity index (χ1n) is 8.95. The molecule has 2 aromatic rings. The largest absolute Gasteiger partial charge is 0.478 e. The molecule has 1 aliphatic carbocycles. The summed E-state index contributed by atoms with van der Waals surface area (Å²) in [6.45, 7) is 0.165. The number of aliphatic carboxylic acids is 1. The van der Waals surface area contributed by atoms with Gasteiger partial charge in [-0.3, -0.25) is 0 Å². The fourth-order valence-electron chi connectivity index (χ4n) is 3.66. The predicted octanol–water partition coefficient (Wildman–Crippen LogP) is 4.85. The highest BCUT2D eigenvalue weighted by molar-refractivity contribution is 6.24. The summed E-state index contributed by atoms with van der Waals surface area (Å²) in [5.41, 5.74) is 3.03. The van der Waals surface area contributed by atoms with E-state index >= 15 is 0 Å². The van der Waals surface area contributed by atoms with Gasteiger partial charge in [0.1, 0.15) is 5.75 Å². The van der Waals surface area contributed by atoms with Crippen LogP contribution in [0.25, 0.3) is 11.1 Å². The molecular formula is C22H24O4. The van der Waals surface area contributed by atoms with Crippen molar-refractivity contribution in [1.82, 2.24) is 0 Å². The molecule has 0 unspecified atom stereocenters. The molecule has 136 valence electrons. The van der Waals surface area contributed by atoms with Gasteiger partial charge in [0, 0.05) is 7.11 Å². The van der Waals surface area contributed by atoms with Crippen LogP contribution >= 0.6 is 0 Å². The summed E-state index contributed by atoms with van der Waals surface area (Å²) in [5, 5.41) is 10.0. The van der Waals surface area contributed by atoms with E-state index in [4.69, 9.17) is 9.47 Å². The predicted molar refractivity (Wildman–Crippen MR) is 102 cm³/mol. The Morgan fingerprint density at radius 1 is 1.00 bits per heavy atom. The van der Waals surface area contributed by atoms with Crippen LogP contribution in [0.3, 0.4) is 0 Å². The van der Waals surface area contributed by atoms with E-state index < -0.39 is 5.97 Å². The molecule has 26 heavy (non-hydrogen) atoms. The Hall–Kier alpha value is -2.59. The Kier molecular flexibility index (Phi) is 6.08. The van der Waals surface area contributed by atoms with Crippen molar-refractivity contribution in [3.63, 3.8) is 0 Å². The van der Waals surface area contributed by atoms with Gasteiger partial charge >= 0.3 is 5.97 Å². The molecule has 1 aliphatic rings. The summed E-state index contributed by atoms with van der Waals surface area (Å²) in [6.07, 6.45) is 4.38. The number of carbonyl (C=O) groups is 1. The van der Waals surface area contributed by atoms with Gasteiger partial charge in [-0.15, -0.1) is 0 Å². The normalized spacial score (nSPS) is 15.6. The Bertz CT molecular complexity index is 756. The summed E-state index contributed by atoms with van der Waals surface area (Å²) in [6, 6.07) is 17.1. The van der Waals surface area contributed by atoms with Crippen molar-refractivity contribution < 1.29 is 19.4 Å².